The number of piperidine rings is 1. The van der Waals surface area contributed by atoms with Crippen LogP contribution in [0.2, 0.25) is 0 Å². The van der Waals surface area contributed by atoms with Crippen LogP contribution in [0.5, 0.6) is 0 Å². The van der Waals surface area contributed by atoms with Crippen LogP contribution in [-0.2, 0) is 54.8 Å². The number of fused-ring (bicyclic) bond motifs is 16. The van der Waals surface area contributed by atoms with E-state index in [2.05, 4.69) is 242 Å². The predicted octanol–water partition coefficient (Wildman–Crippen LogP) is 31.4. The minimum atomic E-state index is -0.822. The van der Waals surface area contributed by atoms with E-state index in [1.165, 1.54) is 284 Å². The molecule has 14 heteroatoms. The van der Waals surface area contributed by atoms with Gasteiger partial charge in [0.15, 0.2) is 0 Å². The summed E-state index contributed by atoms with van der Waals surface area (Å²) in [7, 11) is 1.77. The van der Waals surface area contributed by atoms with Gasteiger partial charge in [0.2, 0.25) is 11.8 Å². The molecule has 19 aliphatic carbocycles. The standard InChI is InChI=1S/C17H27N.C16H29NO2.C13H23NO.C13H22O.C12H22.C11H17NS.2C11H20.C10H17N3.C10H16N2/c1-15(2)8-9-16-10-12-18(13-11-16)14-17-6-4-3-5-7-17;1-12(2)15-5-8-16(9-6-15,10-7-15)13(18)17-11-14(3,4)19;1-10(2)12-4-7-13(8-5-12,9-6-12)11(15)14-3;1-9(2)12-4-10-3-11(5-12)7-13(14,6-10)8-12;1-10(2)12-7-4-11(3,5-8-12)6-9-12;1-7(2)9-4-5-10-11(6-9)13-8(3)12-10;2*1-9(2)11-6-4-10(3,8-11)5-7-11;1-8(2)9-3-4-10-11-7-12-13(10)6-5-9;1-7(2)8-3-4-10-9(5-8)6-11-12-10/h3-7,15-16H,8-14H2,1-2H3;12,19H,5-11H2,1-4H3,(H,17,18);10H,4-9H2,1-3H3,(H,14,15);9-11,14H,3-8H2,1-2H3;10H,4-9H2,1-3H3;7,9H,4-6H2,1-3H3;2*9H,4-8H2,1-3H3;7-9H,3-6H2,1-2H3;6-8H,3-5H2,1-2H3,(H,11,12). The molecule has 14 bridgehead atoms. The lowest BCUT2D eigenvalue weighted by atomic mass is 9.45. The summed E-state index contributed by atoms with van der Waals surface area (Å²) in [6, 6.07) is 10.9. The summed E-state index contributed by atoms with van der Waals surface area (Å²) in [6.07, 6.45) is 66.1. The fourth-order valence-corrected chi connectivity index (χ4v) is 32.6. The van der Waals surface area contributed by atoms with Crippen molar-refractivity contribution in [2.24, 2.45) is 154 Å². The van der Waals surface area contributed by atoms with Gasteiger partial charge in [0.1, 0.15) is 12.2 Å². The Balaban J connectivity index is 0.000000138. The molecular weight excluding hydrogens is 1710 g/mol. The lowest BCUT2D eigenvalue weighted by molar-refractivity contribution is -0.177. The zero-order chi connectivity index (χ0) is 100. The number of thiazole rings is 1. The number of amides is 2. The van der Waals surface area contributed by atoms with Crippen LogP contribution in [-0.4, -0.2) is 94.8 Å². The molecule has 17 saturated carbocycles. The Morgan fingerprint density at radius 1 is 0.507 bits per heavy atom. The van der Waals surface area contributed by atoms with Gasteiger partial charge in [-0.05, 0) is 471 Å². The average Bonchev–Trinajstić information content (AvgIpc) is 1.03. The monoisotopic (exact) mass is 1920 g/mol. The van der Waals surface area contributed by atoms with Gasteiger partial charge in [0.25, 0.3) is 0 Å². The van der Waals surface area contributed by atoms with E-state index in [1.807, 2.05) is 17.5 Å². The number of carbonyl (C=O) groups is 2. The summed E-state index contributed by atoms with van der Waals surface area (Å²) in [4.78, 5) is 37.4. The zero-order valence-corrected chi connectivity index (χ0v) is 95.2. The van der Waals surface area contributed by atoms with E-state index in [-0.39, 0.29) is 22.3 Å². The van der Waals surface area contributed by atoms with Crippen molar-refractivity contribution in [3.63, 3.8) is 0 Å². The minimum Gasteiger partial charge on any atom is -0.390 e. The number of hydrogen-bond donors (Lipinski definition) is 5. The largest absolute Gasteiger partial charge is 0.390 e. The molecule has 25 rings (SSSR count). The number of carbonyl (C=O) groups excluding carboxylic acids is 2. The molecule has 138 heavy (non-hydrogen) atoms. The predicted molar refractivity (Wildman–Crippen MR) is 581 cm³/mol. The number of aromatic nitrogens is 6. The normalized spacial score (nSPS) is 35.2. The Hall–Kier alpha value is -3.98. The molecule has 3 aromatic heterocycles. The molecule has 5 N–H and O–H groups in total. The van der Waals surface area contributed by atoms with Crippen molar-refractivity contribution >= 4 is 23.2 Å². The first kappa shape index (κ1) is 113. The first-order chi connectivity index (χ1) is 64.9. The number of nitrogens with zero attached hydrogens (tertiary/aromatic N) is 6. The third-order valence-electron chi connectivity index (χ3n) is 43.3. The van der Waals surface area contributed by atoms with Crippen molar-refractivity contribution in [1.82, 2.24) is 45.5 Å². The molecule has 5 atom stereocenters. The number of aliphatic hydroxyl groups is 2. The Bertz CT molecular complexity index is 4210. The summed E-state index contributed by atoms with van der Waals surface area (Å²) >= 11 is 1.90. The third-order valence-corrected chi connectivity index (χ3v) is 44.3. The highest BCUT2D eigenvalue weighted by Gasteiger charge is 2.60. The van der Waals surface area contributed by atoms with Gasteiger partial charge >= 0.3 is 0 Å². The van der Waals surface area contributed by atoms with Crippen LogP contribution < -0.4 is 10.6 Å². The minimum absolute atomic E-state index is 0.00535. The maximum absolute atomic E-state index is 12.5. The Kier molecular flexibility index (Phi) is 38.4. The molecule has 2 aliphatic heterocycles. The fourth-order valence-electron chi connectivity index (χ4n) is 31.5. The van der Waals surface area contributed by atoms with Crippen molar-refractivity contribution in [3.8, 4) is 0 Å². The van der Waals surface area contributed by atoms with Crippen LogP contribution in [0.3, 0.4) is 0 Å². The van der Waals surface area contributed by atoms with E-state index in [0.717, 1.165) is 204 Å². The molecule has 0 radical (unpaired) electrons. The molecule has 0 spiro atoms. The molecule has 5 heterocycles. The SMILES string of the molecule is CC(C)C12CC3CC(CC(O)(C3)C1)C2.CC(C)C12CCC(C(=O)NCC(C)(C)O)(CC1)CC2.CC(C)C12CCC(C)(CC1)C2.CC(C)C12CCC(C)(CC1)C2.CC(C)C12CCC(C)(CC1)CC2.CC(C)C1CCc2[nH]ncc2C1.CC(C)C1CCc2ncnn2CC1.CC(C)CCC1CCN(Cc2ccccc2)CC1.CNC(=O)C12CCC(C(C)C)(CC1)CC2.Cc1nc2c(s1)CC(C(C)C)CC2. The van der Waals surface area contributed by atoms with E-state index in [1.54, 1.807) is 32.1 Å². The van der Waals surface area contributed by atoms with E-state index < -0.39 is 5.60 Å². The van der Waals surface area contributed by atoms with Gasteiger partial charge in [-0.1, -0.05) is 202 Å². The smallest absolute Gasteiger partial charge is 0.226 e. The lowest BCUT2D eigenvalue weighted by Gasteiger charge is -2.62. The fraction of sp³-hybridized carbons (Fsp3) is 0.871. The zero-order valence-electron chi connectivity index (χ0n) is 94.4. The van der Waals surface area contributed by atoms with E-state index >= 15 is 0 Å². The molecule has 21 aliphatic rings. The van der Waals surface area contributed by atoms with Gasteiger partial charge in [0, 0.05) is 54.5 Å². The first-order valence-electron chi connectivity index (χ1n) is 58.4. The number of hydrogen-bond acceptors (Lipinski definition) is 10. The molecular formula is C124H213N9O4S. The summed E-state index contributed by atoms with van der Waals surface area (Å²) in [5.41, 5.74) is 10.6. The van der Waals surface area contributed by atoms with Crippen LogP contribution in [0, 0.1) is 161 Å². The van der Waals surface area contributed by atoms with Crippen molar-refractivity contribution in [2.45, 2.75) is 506 Å². The van der Waals surface area contributed by atoms with Gasteiger partial charge in [0.05, 0.1) is 28.1 Å². The number of H-pyrrole nitrogens is 1. The van der Waals surface area contributed by atoms with Crippen LogP contribution in [0.15, 0.2) is 42.9 Å². The molecule has 1 aromatic carbocycles. The van der Waals surface area contributed by atoms with Gasteiger partial charge in [-0.2, -0.15) is 10.2 Å². The maximum atomic E-state index is 12.5. The highest BCUT2D eigenvalue weighted by Crippen LogP contribution is 2.68. The van der Waals surface area contributed by atoms with Crippen LogP contribution in [0.4, 0.5) is 0 Å². The highest BCUT2D eigenvalue weighted by atomic mass is 32.1. The van der Waals surface area contributed by atoms with Gasteiger partial charge in [-0.3, -0.25) is 24.3 Å². The number of likely N-dealkylation sites (tertiary alicyclic amines) is 1. The van der Waals surface area contributed by atoms with E-state index in [0.29, 0.717) is 28.7 Å². The summed E-state index contributed by atoms with van der Waals surface area (Å²) in [5.74, 6) is 15.3. The molecule has 18 fully saturated rings. The van der Waals surface area contributed by atoms with Gasteiger partial charge < -0.3 is 20.8 Å². The van der Waals surface area contributed by atoms with Crippen LogP contribution in [0.1, 0.15) is 481 Å². The van der Waals surface area contributed by atoms with Crippen molar-refractivity contribution in [2.75, 3.05) is 26.7 Å². The van der Waals surface area contributed by atoms with Crippen molar-refractivity contribution in [3.05, 3.63) is 81.1 Å². The number of nitrogens with one attached hydrogen (secondary N) is 3. The summed E-state index contributed by atoms with van der Waals surface area (Å²) in [5, 5.41) is 38.7. The lowest BCUT2D eigenvalue weighted by Crippen LogP contribution is -2.57. The molecule has 1 saturated heterocycles. The first-order valence-corrected chi connectivity index (χ1v) is 59.3. The molecule has 13 nitrogen and oxygen atoms in total. The second-order valence-corrected chi connectivity index (χ2v) is 57.4. The molecule has 5 unspecified atom stereocenters. The summed E-state index contributed by atoms with van der Waals surface area (Å²) < 4.78 is 2.06. The van der Waals surface area contributed by atoms with Gasteiger partial charge in [-0.15, -0.1) is 11.3 Å². The third kappa shape index (κ3) is 28.1. The number of rotatable bonds is 18. The van der Waals surface area contributed by atoms with E-state index in [4.69, 9.17) is 0 Å². The molecule has 2 amide bonds. The number of benzene rings is 1. The second kappa shape index (κ2) is 47.0. The topological polar surface area (TPSA) is 174 Å². The number of aromatic amines is 1. The quantitative estimate of drug-likeness (QED) is 0.0650. The van der Waals surface area contributed by atoms with Crippen molar-refractivity contribution < 1.29 is 19.8 Å². The highest BCUT2D eigenvalue weighted by molar-refractivity contribution is 7.11. The summed E-state index contributed by atoms with van der Waals surface area (Å²) in [6.45, 7) is 65.3. The van der Waals surface area contributed by atoms with Crippen LogP contribution in [0.25, 0.3) is 0 Å². The molecule has 784 valence electrons. The van der Waals surface area contributed by atoms with Crippen LogP contribution >= 0.6 is 11.3 Å². The van der Waals surface area contributed by atoms with Crippen molar-refractivity contribution in [1.29, 1.82) is 0 Å². The van der Waals surface area contributed by atoms with E-state index in [9.17, 15) is 19.8 Å². The average molecular weight is 1930 g/mol. The second-order valence-electron chi connectivity index (χ2n) is 56.1. The number of aryl methyl sites for hydroxylation is 5. The molecule has 4 aromatic rings. The maximum Gasteiger partial charge on any atom is 0.226 e. The Labute approximate surface area is 851 Å². The van der Waals surface area contributed by atoms with Gasteiger partial charge in [-0.25, -0.2) is 9.97 Å². The Morgan fingerprint density at radius 2 is 0.949 bits per heavy atom. The Morgan fingerprint density at radius 3 is 1.38 bits per heavy atom.